The monoisotopic (exact) mass is 354 g/mol. The number of guanidine groups is 1. The molecule has 0 saturated carbocycles. The Morgan fingerprint density at radius 1 is 1.31 bits per heavy atom. The van der Waals surface area contributed by atoms with Crippen LogP contribution in [0, 0.1) is 5.41 Å². The smallest absolute Gasteiger partial charge is 0.303 e. The van der Waals surface area contributed by atoms with Gasteiger partial charge in [0.2, 0.25) is 6.41 Å². The molecule has 0 fully saturated rings. The van der Waals surface area contributed by atoms with Crippen molar-refractivity contribution in [3.63, 3.8) is 0 Å². The number of carboxylic acids is 1. The zero-order chi connectivity index (χ0) is 19.1. The molecule has 26 heavy (non-hydrogen) atoms. The van der Waals surface area contributed by atoms with Gasteiger partial charge in [-0.1, -0.05) is 37.3 Å². The highest BCUT2D eigenvalue weighted by Crippen LogP contribution is 2.32. The average molecular weight is 354 g/mol. The molecular weight excluding hydrogens is 332 g/mol. The van der Waals surface area contributed by atoms with Crippen molar-refractivity contribution in [1.82, 2.24) is 5.32 Å². The van der Waals surface area contributed by atoms with E-state index in [0.29, 0.717) is 18.6 Å². The molecule has 0 radical (unpaired) electrons. The number of aliphatic carboxylic acids is 1. The summed E-state index contributed by atoms with van der Waals surface area (Å²) in [5.74, 6) is -1.23. The number of nitrogens with two attached hydrogens (primary N) is 1. The third-order valence-electron chi connectivity index (χ3n) is 4.04. The molecule has 7 nitrogen and oxygen atoms in total. The number of benzene rings is 2. The summed E-state index contributed by atoms with van der Waals surface area (Å²) in [6.07, 6.45) is 0.625. The zero-order valence-corrected chi connectivity index (χ0v) is 14.5. The van der Waals surface area contributed by atoms with Gasteiger partial charge < -0.3 is 21.5 Å². The van der Waals surface area contributed by atoms with Crippen molar-refractivity contribution in [1.29, 1.82) is 5.41 Å². The minimum Gasteiger partial charge on any atom is -0.481 e. The van der Waals surface area contributed by atoms with E-state index in [1.54, 1.807) is 6.07 Å². The summed E-state index contributed by atoms with van der Waals surface area (Å²) in [6.45, 7) is 2.15. The van der Waals surface area contributed by atoms with Gasteiger partial charge in [0.25, 0.3) is 0 Å². The SMILES string of the molecule is CC(CC(=O)O)c1cccc(-c2cccc(NC(=N)N)c2)c1CNC=O. The Balaban J connectivity index is 2.51. The summed E-state index contributed by atoms with van der Waals surface area (Å²) in [5, 5.41) is 21.9. The Morgan fingerprint density at radius 3 is 2.69 bits per heavy atom. The zero-order valence-electron chi connectivity index (χ0n) is 14.5. The minimum absolute atomic E-state index is 0.00345. The number of amides is 1. The summed E-state index contributed by atoms with van der Waals surface area (Å²) >= 11 is 0. The molecule has 0 aliphatic rings. The molecule has 0 aliphatic heterocycles. The molecule has 0 bridgehead atoms. The first-order valence-corrected chi connectivity index (χ1v) is 8.14. The lowest BCUT2D eigenvalue weighted by molar-refractivity contribution is -0.137. The third-order valence-corrected chi connectivity index (χ3v) is 4.04. The molecule has 0 saturated heterocycles. The highest BCUT2D eigenvalue weighted by Gasteiger charge is 2.17. The van der Waals surface area contributed by atoms with E-state index < -0.39 is 5.97 Å². The molecule has 0 heterocycles. The van der Waals surface area contributed by atoms with Gasteiger partial charge in [0, 0.05) is 12.2 Å². The Labute approximate surface area is 151 Å². The lowest BCUT2D eigenvalue weighted by Gasteiger charge is -2.19. The summed E-state index contributed by atoms with van der Waals surface area (Å²) in [6, 6.07) is 13.1. The van der Waals surface area contributed by atoms with Gasteiger partial charge in [-0.15, -0.1) is 0 Å². The topological polar surface area (TPSA) is 128 Å². The van der Waals surface area contributed by atoms with Crippen molar-refractivity contribution < 1.29 is 14.7 Å². The van der Waals surface area contributed by atoms with Gasteiger partial charge in [0.15, 0.2) is 5.96 Å². The molecule has 2 aromatic carbocycles. The van der Waals surface area contributed by atoms with E-state index in [-0.39, 0.29) is 18.3 Å². The predicted molar refractivity (Wildman–Crippen MR) is 101 cm³/mol. The third kappa shape index (κ3) is 4.83. The van der Waals surface area contributed by atoms with Gasteiger partial charge in [-0.3, -0.25) is 15.0 Å². The van der Waals surface area contributed by atoms with Crippen molar-refractivity contribution in [2.24, 2.45) is 5.73 Å². The average Bonchev–Trinajstić information content (AvgIpc) is 2.58. The van der Waals surface area contributed by atoms with Crippen LogP contribution < -0.4 is 16.4 Å². The molecule has 1 atom stereocenters. The molecule has 2 aromatic rings. The number of carbonyl (C=O) groups excluding carboxylic acids is 1. The standard InChI is InChI=1S/C19H22N4O3/c1-12(8-18(25)26)15-6-3-7-16(17(15)10-22-11-24)13-4-2-5-14(9-13)23-19(20)21/h2-7,9,11-12H,8,10H2,1H3,(H,22,24)(H,25,26)(H4,20,21,23). The molecular formula is C19H22N4O3. The molecule has 2 rings (SSSR count). The van der Waals surface area contributed by atoms with Gasteiger partial charge in [0.1, 0.15) is 0 Å². The molecule has 1 unspecified atom stereocenters. The minimum atomic E-state index is -0.871. The highest BCUT2D eigenvalue weighted by atomic mass is 16.4. The maximum absolute atomic E-state index is 11.1. The fraction of sp³-hybridized carbons (Fsp3) is 0.211. The first-order valence-electron chi connectivity index (χ1n) is 8.14. The Hall–Kier alpha value is -3.35. The number of rotatable bonds is 8. The van der Waals surface area contributed by atoms with Gasteiger partial charge in [0.05, 0.1) is 6.42 Å². The van der Waals surface area contributed by atoms with Crippen LogP contribution >= 0.6 is 0 Å². The molecule has 0 aromatic heterocycles. The number of hydrogen-bond acceptors (Lipinski definition) is 3. The second-order valence-corrected chi connectivity index (χ2v) is 5.99. The van der Waals surface area contributed by atoms with E-state index in [4.69, 9.17) is 16.2 Å². The fourth-order valence-corrected chi connectivity index (χ4v) is 2.97. The lowest BCUT2D eigenvalue weighted by Crippen LogP contribution is -2.20. The molecule has 136 valence electrons. The fourth-order valence-electron chi connectivity index (χ4n) is 2.97. The Kier molecular flexibility index (Phi) is 6.32. The van der Waals surface area contributed by atoms with E-state index in [2.05, 4.69) is 10.6 Å². The first kappa shape index (κ1) is 19.0. The van der Waals surface area contributed by atoms with Crippen molar-refractivity contribution in [3.8, 4) is 11.1 Å². The molecule has 0 spiro atoms. The normalized spacial score (nSPS) is 11.4. The lowest BCUT2D eigenvalue weighted by atomic mass is 9.88. The van der Waals surface area contributed by atoms with Crippen molar-refractivity contribution >= 4 is 24.0 Å². The summed E-state index contributed by atoms with van der Waals surface area (Å²) in [5.41, 5.74) is 9.58. The van der Waals surface area contributed by atoms with Crippen LogP contribution in [0.5, 0.6) is 0 Å². The van der Waals surface area contributed by atoms with Crippen molar-refractivity contribution in [3.05, 3.63) is 53.6 Å². The number of anilines is 1. The van der Waals surface area contributed by atoms with Gasteiger partial charge >= 0.3 is 5.97 Å². The van der Waals surface area contributed by atoms with E-state index in [9.17, 15) is 9.59 Å². The van der Waals surface area contributed by atoms with Gasteiger partial charge in [-0.2, -0.15) is 0 Å². The molecule has 6 N–H and O–H groups in total. The van der Waals surface area contributed by atoms with Crippen LogP contribution in [0.15, 0.2) is 42.5 Å². The second-order valence-electron chi connectivity index (χ2n) is 5.99. The van der Waals surface area contributed by atoms with E-state index >= 15 is 0 Å². The first-order chi connectivity index (χ1) is 12.4. The maximum Gasteiger partial charge on any atom is 0.303 e. The molecule has 7 heteroatoms. The van der Waals surface area contributed by atoms with Crippen LogP contribution in [0.4, 0.5) is 5.69 Å². The number of hydrogen-bond donors (Lipinski definition) is 5. The van der Waals surface area contributed by atoms with Gasteiger partial charge in [-0.05, 0) is 40.3 Å². The van der Waals surface area contributed by atoms with E-state index in [1.165, 1.54) is 0 Å². The van der Waals surface area contributed by atoms with Crippen LogP contribution in [-0.4, -0.2) is 23.4 Å². The largest absolute Gasteiger partial charge is 0.481 e. The molecule has 1 amide bonds. The van der Waals surface area contributed by atoms with E-state index in [0.717, 1.165) is 22.3 Å². The van der Waals surface area contributed by atoms with Crippen molar-refractivity contribution in [2.45, 2.75) is 25.8 Å². The predicted octanol–water partition coefficient (Wildman–Crippen LogP) is 2.48. The number of carbonyl (C=O) groups is 2. The molecule has 0 aliphatic carbocycles. The summed E-state index contributed by atoms with van der Waals surface area (Å²) in [7, 11) is 0. The van der Waals surface area contributed by atoms with Crippen LogP contribution in [0.1, 0.15) is 30.4 Å². The van der Waals surface area contributed by atoms with E-state index in [1.807, 2.05) is 43.3 Å². The highest BCUT2D eigenvalue weighted by molar-refractivity contribution is 5.90. The maximum atomic E-state index is 11.1. The number of nitrogens with one attached hydrogen (secondary N) is 3. The van der Waals surface area contributed by atoms with Crippen molar-refractivity contribution in [2.75, 3.05) is 5.32 Å². The van der Waals surface area contributed by atoms with Crippen LogP contribution in [0.2, 0.25) is 0 Å². The summed E-state index contributed by atoms with van der Waals surface area (Å²) in [4.78, 5) is 21.9. The second kappa shape index (κ2) is 8.66. The Morgan fingerprint density at radius 2 is 2.04 bits per heavy atom. The van der Waals surface area contributed by atoms with Crippen LogP contribution in [0.3, 0.4) is 0 Å². The number of carboxylic acid groups (broad SMARTS) is 1. The van der Waals surface area contributed by atoms with Crippen LogP contribution in [-0.2, 0) is 16.1 Å². The quantitative estimate of drug-likeness (QED) is 0.283. The van der Waals surface area contributed by atoms with Gasteiger partial charge in [-0.25, -0.2) is 0 Å². The Bertz CT molecular complexity index is 820. The van der Waals surface area contributed by atoms with Crippen LogP contribution in [0.25, 0.3) is 11.1 Å². The summed E-state index contributed by atoms with van der Waals surface area (Å²) < 4.78 is 0.